The molecule has 1 unspecified atom stereocenters. The molecule has 0 amide bonds. The molecule has 1 aromatic carbocycles. The summed E-state index contributed by atoms with van der Waals surface area (Å²) in [4.78, 5) is 0. The highest BCUT2D eigenvalue weighted by atomic mass is 16.5. The smallest absolute Gasteiger partial charge is 0.119 e. The maximum absolute atomic E-state index is 9.82. The summed E-state index contributed by atoms with van der Waals surface area (Å²) in [6.07, 6.45) is 6.00. The molecule has 0 aliphatic carbocycles. The third-order valence-corrected chi connectivity index (χ3v) is 3.45. The van der Waals surface area contributed by atoms with E-state index in [4.69, 9.17) is 4.74 Å². The molecule has 0 saturated heterocycles. The molecule has 0 aliphatic rings. The summed E-state index contributed by atoms with van der Waals surface area (Å²) in [5, 5.41) is 13.1. The van der Waals surface area contributed by atoms with Crippen LogP contribution in [-0.2, 0) is 0 Å². The van der Waals surface area contributed by atoms with E-state index < -0.39 is 6.10 Å². The van der Waals surface area contributed by atoms with Crippen molar-refractivity contribution in [1.82, 2.24) is 5.32 Å². The molecule has 1 aromatic rings. The quantitative estimate of drug-likeness (QED) is 0.578. The summed E-state index contributed by atoms with van der Waals surface area (Å²) in [6.45, 7) is 6.47. The number of para-hydroxylation sites is 1. The lowest BCUT2D eigenvalue weighted by molar-refractivity contribution is 0.106. The van der Waals surface area contributed by atoms with Crippen molar-refractivity contribution < 1.29 is 9.84 Å². The lowest BCUT2D eigenvalue weighted by Gasteiger charge is -2.13. The van der Waals surface area contributed by atoms with Gasteiger partial charge in [0.25, 0.3) is 0 Å². The standard InChI is InChI=1S/C18H31NO2/c1-16(2)10-6-3-4-9-13-19-14-17(20)15-21-18-11-7-5-8-12-18/h5,7-8,11-12,16-17,19-20H,3-4,6,9-10,13-15H2,1-2H3. The van der Waals surface area contributed by atoms with E-state index in [2.05, 4.69) is 19.2 Å². The van der Waals surface area contributed by atoms with Crippen LogP contribution in [-0.4, -0.2) is 30.9 Å². The van der Waals surface area contributed by atoms with E-state index in [0.29, 0.717) is 13.2 Å². The van der Waals surface area contributed by atoms with Crippen LogP contribution in [0.4, 0.5) is 0 Å². The topological polar surface area (TPSA) is 41.5 Å². The second-order valence-corrected chi connectivity index (χ2v) is 6.08. The fourth-order valence-corrected chi connectivity index (χ4v) is 2.19. The third kappa shape index (κ3) is 10.3. The number of nitrogens with one attached hydrogen (secondary N) is 1. The van der Waals surface area contributed by atoms with Gasteiger partial charge in [-0.3, -0.25) is 0 Å². The molecule has 2 N–H and O–H groups in total. The van der Waals surface area contributed by atoms with Crippen LogP contribution < -0.4 is 10.1 Å². The molecular formula is C18H31NO2. The number of aliphatic hydroxyl groups excluding tert-OH is 1. The SMILES string of the molecule is CC(C)CCCCCCNCC(O)COc1ccccc1. The number of hydrogen-bond acceptors (Lipinski definition) is 3. The molecule has 0 saturated carbocycles. The number of ether oxygens (including phenoxy) is 1. The molecule has 0 radical (unpaired) electrons. The highest BCUT2D eigenvalue weighted by Crippen LogP contribution is 2.09. The second-order valence-electron chi connectivity index (χ2n) is 6.08. The Morgan fingerprint density at radius 1 is 1.05 bits per heavy atom. The number of rotatable bonds is 12. The molecule has 0 spiro atoms. The average Bonchev–Trinajstić information content (AvgIpc) is 2.48. The first kappa shape index (κ1) is 18.0. The Morgan fingerprint density at radius 2 is 1.76 bits per heavy atom. The Balaban J connectivity index is 1.90. The predicted molar refractivity (Wildman–Crippen MR) is 88.7 cm³/mol. The Labute approximate surface area is 129 Å². The fourth-order valence-electron chi connectivity index (χ4n) is 2.19. The van der Waals surface area contributed by atoms with Crippen LogP contribution in [0.2, 0.25) is 0 Å². The van der Waals surface area contributed by atoms with E-state index in [9.17, 15) is 5.11 Å². The number of benzene rings is 1. The van der Waals surface area contributed by atoms with Gasteiger partial charge in [-0.1, -0.05) is 57.7 Å². The van der Waals surface area contributed by atoms with Crippen LogP contribution >= 0.6 is 0 Å². The van der Waals surface area contributed by atoms with Crippen LogP contribution in [0.15, 0.2) is 30.3 Å². The van der Waals surface area contributed by atoms with Gasteiger partial charge in [0.2, 0.25) is 0 Å². The van der Waals surface area contributed by atoms with E-state index >= 15 is 0 Å². The first-order valence-corrected chi connectivity index (χ1v) is 8.25. The third-order valence-electron chi connectivity index (χ3n) is 3.45. The van der Waals surface area contributed by atoms with E-state index in [0.717, 1.165) is 18.2 Å². The lowest BCUT2D eigenvalue weighted by Crippen LogP contribution is -2.32. The molecule has 0 bridgehead atoms. The van der Waals surface area contributed by atoms with Gasteiger partial charge in [-0.15, -0.1) is 0 Å². The summed E-state index contributed by atoms with van der Waals surface area (Å²) in [5.41, 5.74) is 0. The van der Waals surface area contributed by atoms with Crippen molar-refractivity contribution >= 4 is 0 Å². The van der Waals surface area contributed by atoms with Crippen LogP contribution in [0.25, 0.3) is 0 Å². The molecule has 0 aliphatic heterocycles. The molecule has 120 valence electrons. The van der Waals surface area contributed by atoms with Crippen molar-refractivity contribution in [3.05, 3.63) is 30.3 Å². The zero-order valence-electron chi connectivity index (χ0n) is 13.6. The van der Waals surface area contributed by atoms with Gasteiger partial charge in [0.1, 0.15) is 18.5 Å². The maximum atomic E-state index is 9.82. The number of unbranched alkanes of at least 4 members (excludes halogenated alkanes) is 3. The molecule has 0 heterocycles. The second kappa shape index (κ2) is 11.6. The van der Waals surface area contributed by atoms with E-state index in [1.165, 1.54) is 32.1 Å². The van der Waals surface area contributed by atoms with Crippen LogP contribution in [0.1, 0.15) is 46.0 Å². The Morgan fingerprint density at radius 3 is 2.48 bits per heavy atom. The van der Waals surface area contributed by atoms with E-state index in [1.807, 2.05) is 30.3 Å². The summed E-state index contributed by atoms with van der Waals surface area (Å²) in [7, 11) is 0. The van der Waals surface area contributed by atoms with E-state index in [1.54, 1.807) is 0 Å². The first-order chi connectivity index (χ1) is 10.2. The van der Waals surface area contributed by atoms with E-state index in [-0.39, 0.29) is 0 Å². The summed E-state index contributed by atoms with van der Waals surface area (Å²) in [6, 6.07) is 9.61. The van der Waals surface area contributed by atoms with Gasteiger partial charge in [0.05, 0.1) is 0 Å². The molecule has 3 nitrogen and oxygen atoms in total. The van der Waals surface area contributed by atoms with Crippen molar-refractivity contribution in [3.63, 3.8) is 0 Å². The summed E-state index contributed by atoms with van der Waals surface area (Å²) < 4.78 is 5.51. The lowest BCUT2D eigenvalue weighted by atomic mass is 10.0. The highest BCUT2D eigenvalue weighted by Gasteiger charge is 2.04. The molecule has 0 fully saturated rings. The van der Waals surface area contributed by atoms with Gasteiger partial charge in [-0.2, -0.15) is 0 Å². The van der Waals surface area contributed by atoms with Crippen LogP contribution in [0.5, 0.6) is 5.75 Å². The largest absolute Gasteiger partial charge is 0.491 e. The minimum atomic E-state index is -0.453. The molecule has 3 heteroatoms. The van der Waals surface area contributed by atoms with Crippen molar-refractivity contribution in [2.45, 2.75) is 52.1 Å². The van der Waals surface area contributed by atoms with Crippen molar-refractivity contribution in [1.29, 1.82) is 0 Å². The fraction of sp³-hybridized carbons (Fsp3) is 0.667. The Kier molecular flexibility index (Phi) is 9.92. The highest BCUT2D eigenvalue weighted by molar-refractivity contribution is 5.20. The van der Waals surface area contributed by atoms with Crippen molar-refractivity contribution in [3.8, 4) is 5.75 Å². The van der Waals surface area contributed by atoms with Gasteiger partial charge in [-0.05, 0) is 31.0 Å². The van der Waals surface area contributed by atoms with Crippen molar-refractivity contribution in [2.24, 2.45) is 5.92 Å². The van der Waals surface area contributed by atoms with Gasteiger partial charge in [-0.25, -0.2) is 0 Å². The zero-order valence-corrected chi connectivity index (χ0v) is 13.6. The van der Waals surface area contributed by atoms with Gasteiger partial charge < -0.3 is 15.2 Å². The van der Waals surface area contributed by atoms with Gasteiger partial charge in [0, 0.05) is 6.54 Å². The minimum Gasteiger partial charge on any atom is -0.491 e. The first-order valence-electron chi connectivity index (χ1n) is 8.25. The summed E-state index contributed by atoms with van der Waals surface area (Å²) in [5.74, 6) is 1.63. The number of aliphatic hydroxyl groups is 1. The zero-order chi connectivity index (χ0) is 15.3. The molecule has 1 atom stereocenters. The number of hydrogen-bond donors (Lipinski definition) is 2. The minimum absolute atomic E-state index is 0.339. The normalized spacial score (nSPS) is 12.6. The average molecular weight is 293 g/mol. The van der Waals surface area contributed by atoms with Crippen molar-refractivity contribution in [2.75, 3.05) is 19.7 Å². The molecule has 1 rings (SSSR count). The Bertz CT molecular complexity index is 340. The summed E-state index contributed by atoms with van der Waals surface area (Å²) >= 11 is 0. The predicted octanol–water partition coefficient (Wildman–Crippen LogP) is 3.62. The molecule has 0 aromatic heterocycles. The van der Waals surface area contributed by atoms with Crippen LogP contribution in [0.3, 0.4) is 0 Å². The monoisotopic (exact) mass is 293 g/mol. The van der Waals surface area contributed by atoms with Crippen LogP contribution in [0, 0.1) is 5.92 Å². The molecular weight excluding hydrogens is 262 g/mol. The maximum Gasteiger partial charge on any atom is 0.119 e. The van der Waals surface area contributed by atoms with Gasteiger partial charge in [0.15, 0.2) is 0 Å². The Hall–Kier alpha value is -1.06. The molecule has 21 heavy (non-hydrogen) atoms. The van der Waals surface area contributed by atoms with Gasteiger partial charge >= 0.3 is 0 Å².